The minimum absolute atomic E-state index is 0. The van der Waals surface area contributed by atoms with Crippen molar-refractivity contribution in [1.82, 2.24) is 4.90 Å². The highest BCUT2D eigenvalue weighted by atomic mass is 35.5. The third kappa shape index (κ3) is 7.84. The van der Waals surface area contributed by atoms with Gasteiger partial charge in [-0.05, 0) is 44.6 Å². The summed E-state index contributed by atoms with van der Waals surface area (Å²) in [6.45, 7) is 5.40. The Labute approximate surface area is 160 Å². The van der Waals surface area contributed by atoms with Crippen molar-refractivity contribution in [1.29, 1.82) is 0 Å². The van der Waals surface area contributed by atoms with Crippen molar-refractivity contribution in [2.24, 2.45) is 17.6 Å². The van der Waals surface area contributed by atoms with E-state index in [9.17, 15) is 4.79 Å². The van der Waals surface area contributed by atoms with Gasteiger partial charge < -0.3 is 15.4 Å². The van der Waals surface area contributed by atoms with Crippen LogP contribution in [0.4, 0.5) is 0 Å². The zero-order chi connectivity index (χ0) is 17.2. The Balaban J connectivity index is 0.00000312. The SMILES string of the molecule is CCCC(CC1CCCCC1)C(=O)N1CCC(OCCCN)CC1.Cl. The number of rotatable bonds is 9. The Kier molecular flexibility index (Phi) is 11.8. The minimum Gasteiger partial charge on any atom is -0.378 e. The molecule has 0 spiro atoms. The van der Waals surface area contributed by atoms with Crippen molar-refractivity contribution in [3.05, 3.63) is 0 Å². The Morgan fingerprint density at radius 1 is 1.16 bits per heavy atom. The van der Waals surface area contributed by atoms with Crippen molar-refractivity contribution in [3.63, 3.8) is 0 Å². The minimum atomic E-state index is 0. The summed E-state index contributed by atoms with van der Waals surface area (Å²) in [6, 6.07) is 0. The van der Waals surface area contributed by atoms with Gasteiger partial charge in [0.15, 0.2) is 0 Å². The Bertz CT molecular complexity index is 354. The second-order valence-electron chi connectivity index (χ2n) is 7.76. The van der Waals surface area contributed by atoms with Crippen LogP contribution in [-0.2, 0) is 9.53 Å². The highest BCUT2D eigenvalue weighted by Crippen LogP contribution is 2.32. The maximum Gasteiger partial charge on any atom is 0.225 e. The molecule has 1 atom stereocenters. The van der Waals surface area contributed by atoms with Gasteiger partial charge in [-0.3, -0.25) is 4.79 Å². The molecule has 0 radical (unpaired) electrons. The van der Waals surface area contributed by atoms with Crippen LogP contribution in [0.2, 0.25) is 0 Å². The van der Waals surface area contributed by atoms with Crippen molar-refractivity contribution in [3.8, 4) is 0 Å². The summed E-state index contributed by atoms with van der Waals surface area (Å²) in [6.07, 6.45) is 13.3. The molecule has 0 aromatic heterocycles. The monoisotopic (exact) mass is 374 g/mol. The average Bonchev–Trinajstić information content (AvgIpc) is 2.62. The van der Waals surface area contributed by atoms with E-state index in [1.54, 1.807) is 0 Å². The van der Waals surface area contributed by atoms with Gasteiger partial charge in [-0.15, -0.1) is 12.4 Å². The molecule has 5 heteroatoms. The number of nitrogens with zero attached hydrogens (tertiary/aromatic N) is 1. The Hall–Kier alpha value is -0.320. The van der Waals surface area contributed by atoms with Gasteiger partial charge in [-0.1, -0.05) is 45.4 Å². The number of carbonyl (C=O) groups excluding carboxylic acids is 1. The number of ether oxygens (including phenoxy) is 1. The number of likely N-dealkylation sites (tertiary alicyclic amines) is 1. The first-order chi connectivity index (χ1) is 11.7. The number of hydrogen-bond donors (Lipinski definition) is 1. The predicted octanol–water partition coefficient (Wildman–Crippen LogP) is 4.15. The Morgan fingerprint density at radius 2 is 1.84 bits per heavy atom. The second-order valence-corrected chi connectivity index (χ2v) is 7.76. The fraction of sp³-hybridized carbons (Fsp3) is 0.950. The molecule has 2 rings (SSSR count). The lowest BCUT2D eigenvalue weighted by atomic mass is 9.81. The van der Waals surface area contributed by atoms with E-state index in [4.69, 9.17) is 10.5 Å². The zero-order valence-corrected chi connectivity index (χ0v) is 16.9. The third-order valence-electron chi connectivity index (χ3n) is 5.78. The van der Waals surface area contributed by atoms with Gasteiger partial charge in [0.2, 0.25) is 5.91 Å². The summed E-state index contributed by atoms with van der Waals surface area (Å²) in [4.78, 5) is 15.1. The van der Waals surface area contributed by atoms with E-state index >= 15 is 0 Å². The summed E-state index contributed by atoms with van der Waals surface area (Å²) in [5.74, 6) is 1.46. The van der Waals surface area contributed by atoms with Gasteiger partial charge >= 0.3 is 0 Å². The second kappa shape index (κ2) is 12.9. The van der Waals surface area contributed by atoms with E-state index < -0.39 is 0 Å². The zero-order valence-electron chi connectivity index (χ0n) is 16.1. The van der Waals surface area contributed by atoms with E-state index in [0.717, 1.165) is 64.1 Å². The van der Waals surface area contributed by atoms with E-state index in [1.807, 2.05) is 0 Å². The number of hydrogen-bond acceptors (Lipinski definition) is 3. The molecule has 1 aliphatic heterocycles. The molecule has 2 aliphatic rings. The fourth-order valence-corrected chi connectivity index (χ4v) is 4.35. The van der Waals surface area contributed by atoms with Crippen LogP contribution in [-0.4, -0.2) is 43.2 Å². The third-order valence-corrected chi connectivity index (χ3v) is 5.78. The normalized spacial score (nSPS) is 21.0. The molecule has 2 N–H and O–H groups in total. The largest absolute Gasteiger partial charge is 0.378 e. The van der Waals surface area contributed by atoms with E-state index in [1.165, 1.54) is 32.1 Å². The van der Waals surface area contributed by atoms with E-state index in [0.29, 0.717) is 18.6 Å². The summed E-state index contributed by atoms with van der Waals surface area (Å²) < 4.78 is 5.86. The maximum atomic E-state index is 13.0. The molecule has 1 amide bonds. The lowest BCUT2D eigenvalue weighted by Crippen LogP contribution is -2.44. The summed E-state index contributed by atoms with van der Waals surface area (Å²) in [7, 11) is 0. The molecule has 1 heterocycles. The van der Waals surface area contributed by atoms with Crippen molar-refractivity contribution in [2.45, 2.75) is 83.7 Å². The van der Waals surface area contributed by atoms with Crippen molar-refractivity contribution in [2.75, 3.05) is 26.2 Å². The first kappa shape index (κ1) is 22.7. The summed E-state index contributed by atoms with van der Waals surface area (Å²) in [5.41, 5.74) is 5.51. The van der Waals surface area contributed by atoms with Crippen LogP contribution in [0.15, 0.2) is 0 Å². The average molecular weight is 375 g/mol. The van der Waals surface area contributed by atoms with Gasteiger partial charge in [0.05, 0.1) is 6.10 Å². The molecular weight excluding hydrogens is 336 g/mol. The number of nitrogens with two attached hydrogens (primary N) is 1. The van der Waals surface area contributed by atoms with Crippen LogP contribution >= 0.6 is 12.4 Å². The van der Waals surface area contributed by atoms with Gasteiger partial charge in [0, 0.05) is 25.6 Å². The Morgan fingerprint density at radius 3 is 2.44 bits per heavy atom. The molecular formula is C20H39ClN2O2. The first-order valence-electron chi connectivity index (χ1n) is 10.3. The lowest BCUT2D eigenvalue weighted by molar-refractivity contribution is -0.139. The molecule has 0 aromatic rings. The van der Waals surface area contributed by atoms with E-state index in [-0.39, 0.29) is 18.3 Å². The molecule has 25 heavy (non-hydrogen) atoms. The van der Waals surface area contributed by atoms with Crippen LogP contribution in [0.5, 0.6) is 0 Å². The molecule has 4 nitrogen and oxygen atoms in total. The van der Waals surface area contributed by atoms with Gasteiger partial charge in [0.1, 0.15) is 0 Å². The van der Waals surface area contributed by atoms with Gasteiger partial charge in [-0.2, -0.15) is 0 Å². The molecule has 2 fully saturated rings. The number of halogens is 1. The number of piperidine rings is 1. The van der Waals surface area contributed by atoms with Crippen LogP contribution in [0, 0.1) is 11.8 Å². The standard InChI is InChI=1S/C20H38N2O2.ClH/c1-2-7-18(16-17-8-4-3-5-9-17)20(23)22-13-10-19(11-14-22)24-15-6-12-21;/h17-19H,2-16,21H2,1H3;1H. The first-order valence-corrected chi connectivity index (χ1v) is 10.3. The predicted molar refractivity (Wildman–Crippen MR) is 106 cm³/mol. The summed E-state index contributed by atoms with van der Waals surface area (Å²) in [5, 5.41) is 0. The van der Waals surface area contributed by atoms with Crippen molar-refractivity contribution >= 4 is 18.3 Å². The lowest BCUT2D eigenvalue weighted by Gasteiger charge is -2.35. The topological polar surface area (TPSA) is 55.6 Å². The van der Waals surface area contributed by atoms with Crippen LogP contribution in [0.3, 0.4) is 0 Å². The maximum absolute atomic E-state index is 13.0. The van der Waals surface area contributed by atoms with Crippen LogP contribution < -0.4 is 5.73 Å². The smallest absolute Gasteiger partial charge is 0.225 e. The highest BCUT2D eigenvalue weighted by Gasteiger charge is 2.30. The number of carbonyl (C=O) groups is 1. The molecule has 1 aliphatic carbocycles. The quantitative estimate of drug-likeness (QED) is 0.616. The molecule has 0 bridgehead atoms. The van der Waals surface area contributed by atoms with E-state index in [2.05, 4.69) is 11.8 Å². The summed E-state index contributed by atoms with van der Waals surface area (Å²) >= 11 is 0. The van der Waals surface area contributed by atoms with Gasteiger partial charge in [-0.25, -0.2) is 0 Å². The molecule has 0 aromatic carbocycles. The molecule has 1 saturated heterocycles. The van der Waals surface area contributed by atoms with Gasteiger partial charge in [0.25, 0.3) is 0 Å². The van der Waals surface area contributed by atoms with Crippen LogP contribution in [0.25, 0.3) is 0 Å². The highest BCUT2D eigenvalue weighted by molar-refractivity contribution is 5.85. The fourth-order valence-electron chi connectivity index (χ4n) is 4.35. The molecule has 1 unspecified atom stereocenters. The van der Waals surface area contributed by atoms with Crippen molar-refractivity contribution < 1.29 is 9.53 Å². The number of amides is 1. The molecule has 148 valence electrons. The molecule has 1 saturated carbocycles. The van der Waals surface area contributed by atoms with Crippen LogP contribution in [0.1, 0.15) is 77.6 Å².